The minimum Gasteiger partial charge on any atom is -0.270 e. The molecule has 0 spiro atoms. The highest BCUT2D eigenvalue weighted by molar-refractivity contribution is 9.09. The van der Waals surface area contributed by atoms with Gasteiger partial charge in [-0.3, -0.25) is 4.68 Å². The number of aryl methyl sites for hydroxylation is 3. The number of hydrogen-bond donors (Lipinski definition) is 0. The van der Waals surface area contributed by atoms with E-state index in [1.54, 1.807) is 0 Å². The molecule has 0 aliphatic rings. The summed E-state index contributed by atoms with van der Waals surface area (Å²) in [5.41, 5.74) is 5.23. The third-order valence-electron chi connectivity index (χ3n) is 3.56. The molecule has 0 aliphatic heterocycles. The van der Waals surface area contributed by atoms with Gasteiger partial charge >= 0.3 is 0 Å². The standard InChI is InChI=1S/C16H21BrN2/c1-4-19-15(9-13(3)18-19)10-14(11-17)16-8-6-5-7-12(16)2/h5-9,14H,4,10-11H2,1-3H3. The van der Waals surface area contributed by atoms with Gasteiger partial charge in [-0.05, 0) is 50.3 Å². The molecule has 1 aromatic heterocycles. The van der Waals surface area contributed by atoms with Crippen LogP contribution in [0.5, 0.6) is 0 Å². The van der Waals surface area contributed by atoms with E-state index < -0.39 is 0 Å². The second-order valence-corrected chi connectivity index (χ2v) is 5.65. The monoisotopic (exact) mass is 320 g/mol. The fourth-order valence-corrected chi connectivity index (χ4v) is 3.16. The van der Waals surface area contributed by atoms with Gasteiger partial charge in [-0.1, -0.05) is 40.2 Å². The van der Waals surface area contributed by atoms with Crippen molar-refractivity contribution in [2.24, 2.45) is 0 Å². The number of rotatable bonds is 5. The Balaban J connectivity index is 2.26. The van der Waals surface area contributed by atoms with E-state index in [9.17, 15) is 0 Å². The first-order valence-corrected chi connectivity index (χ1v) is 7.92. The van der Waals surface area contributed by atoms with Crippen LogP contribution in [0.3, 0.4) is 0 Å². The Labute approximate surface area is 124 Å². The smallest absolute Gasteiger partial charge is 0.0596 e. The molecule has 0 saturated heterocycles. The van der Waals surface area contributed by atoms with E-state index in [-0.39, 0.29) is 0 Å². The van der Waals surface area contributed by atoms with E-state index in [4.69, 9.17) is 0 Å². The van der Waals surface area contributed by atoms with Crippen LogP contribution in [0.15, 0.2) is 30.3 Å². The summed E-state index contributed by atoms with van der Waals surface area (Å²) in [4.78, 5) is 0. The topological polar surface area (TPSA) is 17.8 Å². The number of aromatic nitrogens is 2. The number of nitrogens with zero attached hydrogens (tertiary/aromatic N) is 2. The van der Waals surface area contributed by atoms with Gasteiger partial charge in [-0.2, -0.15) is 5.10 Å². The summed E-state index contributed by atoms with van der Waals surface area (Å²) >= 11 is 3.67. The van der Waals surface area contributed by atoms with E-state index in [1.165, 1.54) is 16.8 Å². The van der Waals surface area contributed by atoms with Crippen molar-refractivity contribution in [3.05, 3.63) is 52.8 Å². The van der Waals surface area contributed by atoms with Crippen LogP contribution in [0.25, 0.3) is 0 Å². The van der Waals surface area contributed by atoms with Gasteiger partial charge < -0.3 is 0 Å². The third-order valence-corrected chi connectivity index (χ3v) is 4.34. The van der Waals surface area contributed by atoms with Crippen LogP contribution in [-0.2, 0) is 13.0 Å². The summed E-state index contributed by atoms with van der Waals surface area (Å²) in [6, 6.07) is 10.9. The predicted octanol–water partition coefficient (Wildman–Crippen LogP) is 4.24. The number of halogens is 1. The van der Waals surface area contributed by atoms with Gasteiger partial charge in [0, 0.05) is 17.6 Å². The molecule has 2 nitrogen and oxygen atoms in total. The van der Waals surface area contributed by atoms with Crippen molar-refractivity contribution in [1.82, 2.24) is 9.78 Å². The zero-order valence-electron chi connectivity index (χ0n) is 11.9. The first kappa shape index (κ1) is 14.3. The van der Waals surface area contributed by atoms with Gasteiger partial charge in [0.15, 0.2) is 0 Å². The summed E-state index contributed by atoms with van der Waals surface area (Å²) in [6.45, 7) is 7.33. The molecule has 3 heteroatoms. The second-order valence-electron chi connectivity index (χ2n) is 5.00. The van der Waals surface area contributed by atoms with Gasteiger partial charge in [0.2, 0.25) is 0 Å². The summed E-state index contributed by atoms with van der Waals surface area (Å²) in [6.07, 6.45) is 1.03. The molecule has 0 aliphatic carbocycles. The number of hydrogen-bond acceptors (Lipinski definition) is 1. The van der Waals surface area contributed by atoms with Crippen LogP contribution in [-0.4, -0.2) is 15.1 Å². The highest BCUT2D eigenvalue weighted by Crippen LogP contribution is 2.26. The van der Waals surface area contributed by atoms with Gasteiger partial charge in [0.1, 0.15) is 0 Å². The van der Waals surface area contributed by atoms with Crippen molar-refractivity contribution in [1.29, 1.82) is 0 Å². The molecule has 1 unspecified atom stereocenters. The van der Waals surface area contributed by atoms with Gasteiger partial charge in [-0.15, -0.1) is 0 Å². The van der Waals surface area contributed by atoms with Crippen LogP contribution in [0, 0.1) is 13.8 Å². The molecule has 0 N–H and O–H groups in total. The second kappa shape index (κ2) is 6.38. The largest absolute Gasteiger partial charge is 0.270 e. The molecule has 0 fully saturated rings. The van der Waals surface area contributed by atoms with Crippen LogP contribution >= 0.6 is 15.9 Å². The fraction of sp³-hybridized carbons (Fsp3) is 0.438. The molecule has 0 amide bonds. The molecule has 0 bridgehead atoms. The lowest BCUT2D eigenvalue weighted by atomic mass is 9.92. The molecule has 19 heavy (non-hydrogen) atoms. The summed E-state index contributed by atoms with van der Waals surface area (Å²) in [5.74, 6) is 0.502. The molecule has 0 saturated carbocycles. The molecule has 2 rings (SSSR count). The van der Waals surface area contributed by atoms with Crippen LogP contribution in [0.1, 0.15) is 35.4 Å². The van der Waals surface area contributed by atoms with E-state index in [1.807, 2.05) is 0 Å². The maximum Gasteiger partial charge on any atom is 0.0596 e. The summed E-state index contributed by atoms with van der Waals surface area (Å²) in [5, 5.41) is 5.51. The SMILES string of the molecule is CCn1nc(C)cc1CC(CBr)c1ccccc1C. The maximum absolute atomic E-state index is 4.53. The minimum atomic E-state index is 0.502. The molecule has 1 heterocycles. The Morgan fingerprint density at radius 2 is 2.00 bits per heavy atom. The first-order chi connectivity index (χ1) is 9.15. The van der Waals surface area contributed by atoms with Crippen LogP contribution in [0.2, 0.25) is 0 Å². The van der Waals surface area contributed by atoms with Gasteiger partial charge in [-0.25, -0.2) is 0 Å². The van der Waals surface area contributed by atoms with Crippen molar-refractivity contribution in [3.8, 4) is 0 Å². The summed E-state index contributed by atoms with van der Waals surface area (Å²) < 4.78 is 2.11. The van der Waals surface area contributed by atoms with E-state index in [0.717, 1.165) is 24.0 Å². The Bertz CT molecular complexity index is 545. The number of alkyl halides is 1. The Morgan fingerprint density at radius 3 is 2.63 bits per heavy atom. The quantitative estimate of drug-likeness (QED) is 0.753. The molecular formula is C16H21BrN2. The zero-order chi connectivity index (χ0) is 13.8. The molecule has 102 valence electrons. The first-order valence-electron chi connectivity index (χ1n) is 6.80. The molecule has 1 aromatic carbocycles. The predicted molar refractivity (Wildman–Crippen MR) is 84.1 cm³/mol. The fourth-order valence-electron chi connectivity index (χ4n) is 2.58. The molecule has 2 aromatic rings. The average Bonchev–Trinajstić information content (AvgIpc) is 2.77. The highest BCUT2D eigenvalue weighted by Gasteiger charge is 2.16. The van der Waals surface area contributed by atoms with E-state index in [2.05, 4.69) is 76.8 Å². The summed E-state index contributed by atoms with van der Waals surface area (Å²) in [7, 11) is 0. The lowest BCUT2D eigenvalue weighted by Gasteiger charge is -2.17. The third kappa shape index (κ3) is 3.27. The lowest BCUT2D eigenvalue weighted by Crippen LogP contribution is -2.11. The maximum atomic E-state index is 4.53. The Hall–Kier alpha value is -1.09. The Morgan fingerprint density at radius 1 is 1.26 bits per heavy atom. The molecule has 0 radical (unpaired) electrons. The highest BCUT2D eigenvalue weighted by atomic mass is 79.9. The van der Waals surface area contributed by atoms with Crippen molar-refractivity contribution >= 4 is 15.9 Å². The minimum absolute atomic E-state index is 0.502. The zero-order valence-corrected chi connectivity index (χ0v) is 13.4. The Kier molecular flexibility index (Phi) is 4.81. The van der Waals surface area contributed by atoms with Crippen LogP contribution in [0.4, 0.5) is 0 Å². The average molecular weight is 321 g/mol. The van der Waals surface area contributed by atoms with Crippen LogP contribution < -0.4 is 0 Å². The normalized spacial score (nSPS) is 12.6. The van der Waals surface area contributed by atoms with Gasteiger partial charge in [0.05, 0.1) is 5.69 Å². The van der Waals surface area contributed by atoms with Crippen molar-refractivity contribution < 1.29 is 0 Å². The van der Waals surface area contributed by atoms with E-state index >= 15 is 0 Å². The van der Waals surface area contributed by atoms with Crippen molar-refractivity contribution in [2.75, 3.05) is 5.33 Å². The number of benzene rings is 1. The molecular weight excluding hydrogens is 300 g/mol. The molecule has 1 atom stereocenters. The lowest BCUT2D eigenvalue weighted by molar-refractivity contribution is 0.596. The van der Waals surface area contributed by atoms with Gasteiger partial charge in [0.25, 0.3) is 0 Å². The van der Waals surface area contributed by atoms with Crippen molar-refractivity contribution in [3.63, 3.8) is 0 Å². The van der Waals surface area contributed by atoms with E-state index in [0.29, 0.717) is 5.92 Å². The van der Waals surface area contributed by atoms with Crippen molar-refractivity contribution in [2.45, 2.75) is 39.7 Å².